The third-order valence-corrected chi connectivity index (χ3v) is 15.6. The largest absolute Gasteiger partial charge is 0.348 e. The average molecular weight is 961 g/mol. The Bertz CT molecular complexity index is 4110. The van der Waals surface area contributed by atoms with E-state index >= 15 is 0 Å². The van der Waals surface area contributed by atoms with Crippen molar-refractivity contribution in [1.29, 1.82) is 0 Å². The van der Waals surface area contributed by atoms with Crippen LogP contribution in [0.3, 0.4) is 0 Å². The van der Waals surface area contributed by atoms with Gasteiger partial charge in [0, 0.05) is 68.1 Å². The van der Waals surface area contributed by atoms with Crippen molar-refractivity contribution in [2.24, 2.45) is 0 Å². The fourth-order valence-electron chi connectivity index (χ4n) is 12.4. The predicted octanol–water partition coefficient (Wildman–Crippen LogP) is 17.8. The highest BCUT2D eigenvalue weighted by atomic mass is 15.2. The molecule has 10 aromatic carbocycles. The number of nitrogens with one attached hydrogen (secondary N) is 2. The van der Waals surface area contributed by atoms with Gasteiger partial charge in [0.2, 0.25) is 0 Å². The fraction of sp³-hybridized carbons (Fsp3) is 0.0145. The van der Waals surface area contributed by atoms with Crippen LogP contribution in [0.15, 0.2) is 279 Å². The summed E-state index contributed by atoms with van der Waals surface area (Å²) in [6.45, 7) is 0. The second kappa shape index (κ2) is 17.0. The lowest BCUT2D eigenvalue weighted by molar-refractivity contribution is 0.768. The zero-order valence-electron chi connectivity index (χ0n) is 40.8. The molecule has 0 aliphatic heterocycles. The van der Waals surface area contributed by atoms with Crippen LogP contribution in [0.4, 0.5) is 34.1 Å². The molecule has 6 heteroatoms. The van der Waals surface area contributed by atoms with E-state index in [0.29, 0.717) is 0 Å². The molecule has 354 valence electrons. The molecule has 0 spiro atoms. The van der Waals surface area contributed by atoms with E-state index in [2.05, 4.69) is 296 Å². The van der Waals surface area contributed by atoms with Gasteiger partial charge in [-0.1, -0.05) is 146 Å². The van der Waals surface area contributed by atoms with Crippen LogP contribution in [-0.4, -0.2) is 19.1 Å². The lowest BCUT2D eigenvalue weighted by Crippen LogP contribution is -2.28. The summed E-state index contributed by atoms with van der Waals surface area (Å²) < 4.78 is 4.65. The lowest BCUT2D eigenvalue weighted by Gasteiger charge is -2.35. The minimum Gasteiger partial charge on any atom is -0.348 e. The molecule has 0 unspecified atom stereocenters. The minimum atomic E-state index is -0.601. The molecule has 14 aromatic rings. The summed E-state index contributed by atoms with van der Waals surface area (Å²) in [5, 5.41) is 4.82. The van der Waals surface area contributed by atoms with Crippen LogP contribution in [0.1, 0.15) is 22.3 Å². The number of fused-ring (bicyclic) bond motifs is 9. The second-order valence-electron chi connectivity index (χ2n) is 19.5. The Balaban J connectivity index is 0.876. The number of H-pyrrole nitrogens is 2. The molecule has 0 bridgehead atoms. The van der Waals surface area contributed by atoms with E-state index in [-0.39, 0.29) is 0 Å². The molecule has 0 radical (unpaired) electrons. The van der Waals surface area contributed by atoms with Gasteiger partial charge >= 0.3 is 0 Å². The van der Waals surface area contributed by atoms with Crippen molar-refractivity contribution in [2.75, 3.05) is 9.80 Å². The van der Waals surface area contributed by atoms with E-state index in [4.69, 9.17) is 0 Å². The first-order valence-corrected chi connectivity index (χ1v) is 25.7. The number of aromatic amines is 2. The van der Waals surface area contributed by atoms with Gasteiger partial charge in [-0.25, -0.2) is 0 Å². The molecule has 1 aliphatic carbocycles. The van der Waals surface area contributed by atoms with Crippen LogP contribution in [0.5, 0.6) is 0 Å². The molecule has 4 heterocycles. The Labute approximate surface area is 434 Å². The van der Waals surface area contributed by atoms with E-state index in [9.17, 15) is 0 Å². The number of para-hydroxylation sites is 4. The number of hydrogen-bond donors (Lipinski definition) is 2. The van der Waals surface area contributed by atoms with E-state index < -0.39 is 5.41 Å². The number of hydrogen-bond acceptors (Lipinski definition) is 2. The van der Waals surface area contributed by atoms with E-state index in [0.717, 1.165) is 56.8 Å². The molecule has 1 aliphatic rings. The quantitative estimate of drug-likeness (QED) is 0.143. The first-order valence-electron chi connectivity index (χ1n) is 25.7. The average Bonchev–Trinajstić information content (AvgIpc) is 4.44. The van der Waals surface area contributed by atoms with Gasteiger partial charge in [-0.3, -0.25) is 9.13 Å². The van der Waals surface area contributed by atoms with Crippen LogP contribution >= 0.6 is 0 Å². The maximum atomic E-state index is 3.45. The number of rotatable bonds is 10. The van der Waals surface area contributed by atoms with Gasteiger partial charge in [0.15, 0.2) is 0 Å². The van der Waals surface area contributed by atoms with Gasteiger partial charge in [-0.05, 0) is 155 Å². The lowest BCUT2D eigenvalue weighted by atomic mass is 9.67. The fourth-order valence-corrected chi connectivity index (χ4v) is 12.4. The highest BCUT2D eigenvalue weighted by Gasteiger charge is 2.46. The van der Waals surface area contributed by atoms with Crippen LogP contribution in [0.2, 0.25) is 0 Å². The van der Waals surface area contributed by atoms with Crippen molar-refractivity contribution >= 4 is 77.7 Å². The molecule has 0 atom stereocenters. The smallest absolute Gasteiger partial charge is 0.115 e. The third kappa shape index (κ3) is 6.53. The zero-order valence-corrected chi connectivity index (χ0v) is 40.8. The molecule has 0 amide bonds. The summed E-state index contributed by atoms with van der Waals surface area (Å²) >= 11 is 0. The van der Waals surface area contributed by atoms with E-state index in [1.165, 1.54) is 66.0 Å². The normalized spacial score (nSPS) is 12.6. The van der Waals surface area contributed by atoms with Crippen molar-refractivity contribution < 1.29 is 0 Å². The zero-order chi connectivity index (χ0) is 49.5. The third-order valence-electron chi connectivity index (χ3n) is 15.6. The van der Waals surface area contributed by atoms with Gasteiger partial charge < -0.3 is 19.8 Å². The monoisotopic (exact) mass is 960 g/mol. The van der Waals surface area contributed by atoms with E-state index in [1.54, 1.807) is 0 Å². The van der Waals surface area contributed by atoms with Gasteiger partial charge in [0.1, 0.15) is 11.6 Å². The molecule has 0 saturated carbocycles. The van der Waals surface area contributed by atoms with Crippen molar-refractivity contribution in [1.82, 2.24) is 19.1 Å². The number of nitrogens with zero attached hydrogens (tertiary/aromatic N) is 4. The summed E-state index contributed by atoms with van der Waals surface area (Å²) in [6.07, 6.45) is 3.97. The Morgan fingerprint density at radius 2 is 0.640 bits per heavy atom. The number of aromatic nitrogens is 4. The van der Waals surface area contributed by atoms with Gasteiger partial charge in [-0.15, -0.1) is 0 Å². The van der Waals surface area contributed by atoms with Crippen molar-refractivity contribution in [3.8, 4) is 22.8 Å². The van der Waals surface area contributed by atoms with Crippen LogP contribution in [0, 0.1) is 0 Å². The molecule has 75 heavy (non-hydrogen) atoms. The molecular formula is C69H48N6. The molecule has 0 fully saturated rings. The highest BCUT2D eigenvalue weighted by Crippen LogP contribution is 2.57. The molecule has 2 N–H and O–H groups in total. The van der Waals surface area contributed by atoms with Crippen molar-refractivity contribution in [3.63, 3.8) is 0 Å². The Morgan fingerprint density at radius 3 is 1.07 bits per heavy atom. The number of anilines is 6. The highest BCUT2D eigenvalue weighted by molar-refractivity contribution is 6.12. The first-order chi connectivity index (χ1) is 37.2. The van der Waals surface area contributed by atoms with E-state index in [1.807, 2.05) is 12.4 Å². The molecular weight excluding hydrogens is 913 g/mol. The maximum Gasteiger partial charge on any atom is 0.115 e. The van der Waals surface area contributed by atoms with Gasteiger partial charge in [0.05, 0.1) is 27.5 Å². The molecule has 15 rings (SSSR count). The Kier molecular flexibility index (Phi) is 9.69. The molecule has 4 aromatic heterocycles. The Hall–Kier alpha value is -10.0. The van der Waals surface area contributed by atoms with Gasteiger partial charge in [-0.2, -0.15) is 0 Å². The number of benzene rings is 10. The maximum absolute atomic E-state index is 3.45. The van der Waals surface area contributed by atoms with Crippen molar-refractivity contribution in [3.05, 3.63) is 302 Å². The minimum absolute atomic E-state index is 0.601. The molecule has 0 saturated heterocycles. The summed E-state index contributed by atoms with van der Waals surface area (Å²) in [4.78, 5) is 11.7. The topological polar surface area (TPSA) is 47.9 Å². The van der Waals surface area contributed by atoms with Crippen LogP contribution in [-0.2, 0) is 5.41 Å². The standard InChI is InChI=1S/C69H48N6/c1-3-17-49(18-4-1)72(53-39-41-65-59(45-53)57-23-9-13-27-63(57)74(65)67-29-15-43-70-67)51-35-31-47(32-36-51)69(61-25-11-7-21-55(61)56-22-8-12-26-62(56)69)48-33-37-52(38-34-48)73(50-19-5-2-6-20-50)54-40-42-66-60(46-54)58-24-10-14-28-64(58)75(66)68-30-16-44-71-68/h1-46,70-71H. The van der Waals surface area contributed by atoms with Crippen molar-refractivity contribution in [2.45, 2.75) is 5.41 Å². The summed E-state index contributed by atoms with van der Waals surface area (Å²) in [5.74, 6) is 2.09. The second-order valence-corrected chi connectivity index (χ2v) is 19.5. The SMILES string of the molecule is c1ccc(N(c2ccc(C3(c4ccc(N(c5ccccc5)c5ccc6c(c5)c5ccccc5n6-c5ccc[nH]5)cc4)c4ccccc4-c4ccccc43)cc2)c2ccc3c(c2)c2ccccc2n3-c2ccc[nH]2)cc1. The summed E-state index contributed by atoms with van der Waals surface area (Å²) in [5.41, 5.74) is 18.0. The van der Waals surface area contributed by atoms with Crippen LogP contribution < -0.4 is 9.80 Å². The summed E-state index contributed by atoms with van der Waals surface area (Å²) in [7, 11) is 0. The van der Waals surface area contributed by atoms with Crippen LogP contribution in [0.25, 0.3) is 66.4 Å². The molecule has 6 nitrogen and oxygen atoms in total. The Morgan fingerprint density at radius 1 is 0.280 bits per heavy atom. The van der Waals surface area contributed by atoms with Gasteiger partial charge in [0.25, 0.3) is 0 Å². The predicted molar refractivity (Wildman–Crippen MR) is 310 cm³/mol. The first kappa shape index (κ1) is 42.6. The summed E-state index contributed by atoms with van der Waals surface area (Å²) in [6, 6.07) is 97.7.